The molecule has 0 N–H and O–H groups in total. The van der Waals surface area contributed by atoms with Gasteiger partial charge in [0.25, 0.3) is 0 Å². The van der Waals surface area contributed by atoms with E-state index in [1.165, 1.54) is 33.4 Å². The van der Waals surface area contributed by atoms with Gasteiger partial charge in [-0.3, -0.25) is 0 Å². The van der Waals surface area contributed by atoms with Crippen LogP contribution >= 0.6 is 0 Å². The van der Waals surface area contributed by atoms with Gasteiger partial charge in [-0.2, -0.15) is 0 Å². The highest BCUT2D eigenvalue weighted by Crippen LogP contribution is 2.40. The molecule has 0 saturated carbocycles. The summed E-state index contributed by atoms with van der Waals surface area (Å²) in [4.78, 5) is 16.0. The first-order chi connectivity index (χ1) is 32.1. The quantitative estimate of drug-likeness (QED) is 0.145. The second kappa shape index (κ2) is 17.9. The highest BCUT2D eigenvalue weighted by molar-refractivity contribution is 5.88. The van der Waals surface area contributed by atoms with E-state index in [0.717, 1.165) is 101 Å². The van der Waals surface area contributed by atoms with Crippen LogP contribution in [-0.4, -0.2) is 15.0 Å². The first kappa shape index (κ1) is 42.0. The molecular formula is C63H51N3. The number of rotatable bonds is 9. The second-order valence-electron chi connectivity index (χ2n) is 17.9. The van der Waals surface area contributed by atoms with E-state index < -0.39 is 0 Å². The summed E-state index contributed by atoms with van der Waals surface area (Å²) in [6.45, 7) is 12.9. The van der Waals surface area contributed by atoms with Gasteiger partial charge in [-0.1, -0.05) is 143 Å². The van der Waals surface area contributed by atoms with Crippen LogP contribution in [0, 0.1) is 41.5 Å². The summed E-state index contributed by atoms with van der Waals surface area (Å²) in [6.07, 6.45) is 0. The molecule has 7 aromatic carbocycles. The van der Waals surface area contributed by atoms with Crippen molar-refractivity contribution in [3.63, 3.8) is 0 Å². The summed E-state index contributed by atoms with van der Waals surface area (Å²) >= 11 is 0. The average Bonchev–Trinajstić information content (AvgIpc) is 3.33. The van der Waals surface area contributed by atoms with Gasteiger partial charge in [0.2, 0.25) is 0 Å². The lowest BCUT2D eigenvalue weighted by Gasteiger charge is -2.17. The van der Waals surface area contributed by atoms with Gasteiger partial charge in [-0.25, -0.2) is 15.0 Å². The lowest BCUT2D eigenvalue weighted by Crippen LogP contribution is -1.95. The van der Waals surface area contributed by atoms with Crippen LogP contribution in [0.1, 0.15) is 33.4 Å². The molecule has 0 aliphatic rings. The molecule has 0 unspecified atom stereocenters. The predicted molar refractivity (Wildman–Crippen MR) is 277 cm³/mol. The third-order valence-electron chi connectivity index (χ3n) is 12.2. The van der Waals surface area contributed by atoms with Crippen molar-refractivity contribution in [2.75, 3.05) is 0 Å². The average molecular weight is 850 g/mol. The molecule has 3 nitrogen and oxygen atoms in total. The number of benzene rings is 7. The van der Waals surface area contributed by atoms with Crippen LogP contribution in [0.3, 0.4) is 0 Å². The van der Waals surface area contributed by atoms with Crippen LogP contribution in [0.15, 0.2) is 200 Å². The number of hydrogen-bond acceptors (Lipinski definition) is 3. The van der Waals surface area contributed by atoms with Crippen molar-refractivity contribution in [2.24, 2.45) is 0 Å². The van der Waals surface area contributed by atoms with Crippen molar-refractivity contribution in [3.05, 3.63) is 234 Å². The Hall–Kier alpha value is -8.01. The molecule has 318 valence electrons. The third-order valence-corrected chi connectivity index (χ3v) is 12.2. The van der Waals surface area contributed by atoms with E-state index >= 15 is 0 Å². The van der Waals surface area contributed by atoms with Gasteiger partial charge in [0.15, 0.2) is 0 Å². The molecule has 0 spiro atoms. The summed E-state index contributed by atoms with van der Waals surface area (Å²) in [5.41, 5.74) is 25.9. The van der Waals surface area contributed by atoms with E-state index in [4.69, 9.17) is 15.0 Å². The smallest absolute Gasteiger partial charge is 0.0715 e. The highest BCUT2D eigenvalue weighted by Gasteiger charge is 2.17. The number of aryl methyl sites for hydroxylation is 6. The zero-order valence-corrected chi connectivity index (χ0v) is 38.4. The Labute approximate surface area is 389 Å². The minimum absolute atomic E-state index is 0.925. The summed E-state index contributed by atoms with van der Waals surface area (Å²) in [5, 5.41) is 0. The summed E-state index contributed by atoms with van der Waals surface area (Å²) in [6, 6.07) is 72.2. The fourth-order valence-corrected chi connectivity index (χ4v) is 9.30. The second-order valence-corrected chi connectivity index (χ2v) is 17.9. The third kappa shape index (κ3) is 9.16. The van der Waals surface area contributed by atoms with E-state index in [2.05, 4.69) is 242 Å². The van der Waals surface area contributed by atoms with Crippen molar-refractivity contribution in [1.29, 1.82) is 0 Å². The van der Waals surface area contributed by atoms with Gasteiger partial charge in [-0.15, -0.1) is 0 Å². The van der Waals surface area contributed by atoms with E-state index in [1.54, 1.807) is 0 Å². The van der Waals surface area contributed by atoms with Crippen molar-refractivity contribution < 1.29 is 0 Å². The van der Waals surface area contributed by atoms with Gasteiger partial charge in [0, 0.05) is 33.4 Å². The minimum atomic E-state index is 0.925. The molecule has 0 saturated heterocycles. The molecule has 0 fully saturated rings. The first-order valence-electron chi connectivity index (χ1n) is 22.7. The van der Waals surface area contributed by atoms with Gasteiger partial charge >= 0.3 is 0 Å². The lowest BCUT2D eigenvalue weighted by atomic mass is 9.90. The van der Waals surface area contributed by atoms with Crippen molar-refractivity contribution in [1.82, 2.24) is 15.0 Å². The predicted octanol–water partition coefficient (Wildman–Crippen LogP) is 16.7. The lowest BCUT2D eigenvalue weighted by molar-refractivity contribution is 1.30. The van der Waals surface area contributed by atoms with Crippen LogP contribution < -0.4 is 0 Å². The van der Waals surface area contributed by atoms with Crippen molar-refractivity contribution >= 4 is 0 Å². The van der Waals surface area contributed by atoms with Crippen molar-refractivity contribution in [2.45, 2.75) is 41.5 Å². The fraction of sp³-hybridized carbons (Fsp3) is 0.0952. The van der Waals surface area contributed by atoms with Gasteiger partial charge < -0.3 is 0 Å². The molecule has 3 heteroatoms. The van der Waals surface area contributed by atoms with E-state index in [1.807, 2.05) is 0 Å². The topological polar surface area (TPSA) is 38.7 Å². The minimum Gasteiger partial charge on any atom is -0.248 e. The number of nitrogens with zero attached hydrogens (tertiary/aromatic N) is 3. The Morgan fingerprint density at radius 1 is 0.182 bits per heavy atom. The Bertz CT molecular complexity index is 2970. The maximum absolute atomic E-state index is 5.34. The largest absolute Gasteiger partial charge is 0.248 e. The number of hydrogen-bond donors (Lipinski definition) is 0. The van der Waals surface area contributed by atoms with Gasteiger partial charge in [0.05, 0.1) is 34.2 Å². The Kier molecular flexibility index (Phi) is 11.4. The monoisotopic (exact) mass is 849 g/mol. The molecular weight excluding hydrogens is 799 g/mol. The molecule has 0 atom stereocenters. The number of pyridine rings is 3. The molecule has 0 amide bonds. The normalized spacial score (nSPS) is 11.2. The van der Waals surface area contributed by atoms with Crippen molar-refractivity contribution in [3.8, 4) is 101 Å². The molecule has 0 bridgehead atoms. The standard InChI is InChI=1S/C63H51N3/c1-40-22-41(2)26-55(25-40)61-37-52(34-58(64-61)46-16-10-7-11-17-46)49-31-50(53-35-59(47-18-12-8-13-19-47)65-62(38-53)56-27-42(3)23-43(4)28-56)33-51(32-49)54-36-60(48-20-14-9-15-21-48)66-63(39-54)57-29-44(5)24-45(6)30-57/h7-39H,1-6H3. The summed E-state index contributed by atoms with van der Waals surface area (Å²) in [5.74, 6) is 0. The van der Waals surface area contributed by atoms with Crippen LogP contribution in [0.4, 0.5) is 0 Å². The molecule has 3 aromatic heterocycles. The molecule has 3 heterocycles. The maximum atomic E-state index is 5.34. The Morgan fingerprint density at radius 3 is 0.606 bits per heavy atom. The van der Waals surface area contributed by atoms with Crippen LogP contribution in [0.5, 0.6) is 0 Å². The van der Waals surface area contributed by atoms with Crippen LogP contribution in [-0.2, 0) is 0 Å². The molecule has 10 rings (SSSR count). The maximum Gasteiger partial charge on any atom is 0.0715 e. The molecule has 66 heavy (non-hydrogen) atoms. The first-order valence-corrected chi connectivity index (χ1v) is 22.7. The Balaban J connectivity index is 1.26. The molecule has 10 aromatic rings. The van der Waals surface area contributed by atoms with E-state index in [9.17, 15) is 0 Å². The zero-order valence-electron chi connectivity index (χ0n) is 38.4. The Morgan fingerprint density at radius 2 is 0.379 bits per heavy atom. The van der Waals surface area contributed by atoms with E-state index in [-0.39, 0.29) is 0 Å². The van der Waals surface area contributed by atoms with Gasteiger partial charge in [-0.05, 0) is 166 Å². The molecule has 0 radical (unpaired) electrons. The van der Waals surface area contributed by atoms with E-state index in [0.29, 0.717) is 0 Å². The summed E-state index contributed by atoms with van der Waals surface area (Å²) in [7, 11) is 0. The van der Waals surface area contributed by atoms with Gasteiger partial charge in [0.1, 0.15) is 0 Å². The molecule has 0 aliphatic carbocycles. The zero-order chi connectivity index (χ0) is 45.3. The summed E-state index contributed by atoms with van der Waals surface area (Å²) < 4.78 is 0. The van der Waals surface area contributed by atoms with Crippen LogP contribution in [0.2, 0.25) is 0 Å². The SMILES string of the molecule is Cc1cc(C)cc(-c2cc(-c3cc(-c4cc(-c5ccccc5)nc(-c5cc(C)cc(C)c5)c4)cc(-c4cc(-c5ccccc5)nc(-c5cc(C)cc(C)c5)c4)c3)cc(-c3ccccc3)n2)c1. The molecule has 0 aliphatic heterocycles. The fourth-order valence-electron chi connectivity index (χ4n) is 9.30. The number of aromatic nitrogens is 3. The highest BCUT2D eigenvalue weighted by atomic mass is 14.7. The van der Waals surface area contributed by atoms with Crippen LogP contribution in [0.25, 0.3) is 101 Å².